The number of nitrogens with zero attached hydrogens (tertiary/aromatic N) is 1. The van der Waals surface area contributed by atoms with Gasteiger partial charge in [0.2, 0.25) is 5.91 Å². The minimum absolute atomic E-state index is 0. The molecule has 0 aromatic heterocycles. The number of rotatable bonds is 2. The highest BCUT2D eigenvalue weighted by Gasteiger charge is 2.41. The molecule has 1 saturated carbocycles. The van der Waals surface area contributed by atoms with Crippen LogP contribution in [0.4, 0.5) is 0 Å². The van der Waals surface area contributed by atoms with Gasteiger partial charge in [0.15, 0.2) is 0 Å². The molecule has 1 amide bonds. The Morgan fingerprint density at radius 2 is 2.06 bits per heavy atom. The van der Waals surface area contributed by atoms with E-state index in [4.69, 9.17) is 10.5 Å². The van der Waals surface area contributed by atoms with E-state index in [2.05, 4.69) is 0 Å². The highest BCUT2D eigenvalue weighted by Crippen LogP contribution is 2.30. The van der Waals surface area contributed by atoms with Gasteiger partial charge in [-0.3, -0.25) is 4.79 Å². The molecule has 1 atom stereocenters. The third kappa shape index (κ3) is 2.50. The molecule has 1 heterocycles. The van der Waals surface area contributed by atoms with Crippen LogP contribution >= 0.6 is 12.4 Å². The van der Waals surface area contributed by atoms with Crippen molar-refractivity contribution in [1.82, 2.24) is 4.90 Å². The zero-order valence-electron chi connectivity index (χ0n) is 9.78. The van der Waals surface area contributed by atoms with Crippen molar-refractivity contribution in [1.29, 1.82) is 0 Å². The number of amides is 1. The smallest absolute Gasteiger partial charge is 0.242 e. The summed E-state index contributed by atoms with van der Waals surface area (Å²) in [7, 11) is 1.70. The summed E-state index contributed by atoms with van der Waals surface area (Å²) < 4.78 is 5.25. The first-order valence-corrected chi connectivity index (χ1v) is 5.77. The SMILES string of the molecule is CO[C@H]1CCN(C(=O)C2(N)CCCC2)C1.Cl. The standard InChI is InChI=1S/C11H20N2O2.ClH/c1-15-9-4-7-13(8-9)10(14)11(12)5-2-3-6-11;/h9H,2-8,12H2,1H3;1H/t9-;/m0./s1. The lowest BCUT2D eigenvalue weighted by molar-refractivity contribution is -0.136. The predicted molar refractivity (Wildman–Crippen MR) is 64.6 cm³/mol. The maximum absolute atomic E-state index is 12.2. The average Bonchev–Trinajstić information content (AvgIpc) is 2.85. The lowest BCUT2D eigenvalue weighted by atomic mass is 9.97. The van der Waals surface area contributed by atoms with Gasteiger partial charge in [-0.25, -0.2) is 0 Å². The third-order valence-electron chi connectivity index (χ3n) is 3.69. The molecule has 1 aliphatic carbocycles. The maximum atomic E-state index is 12.2. The van der Waals surface area contributed by atoms with E-state index < -0.39 is 5.54 Å². The number of hydrogen-bond acceptors (Lipinski definition) is 3. The molecule has 16 heavy (non-hydrogen) atoms. The van der Waals surface area contributed by atoms with Gasteiger partial charge in [-0.2, -0.15) is 0 Å². The Hall–Kier alpha value is -0.320. The molecule has 0 unspecified atom stereocenters. The van der Waals surface area contributed by atoms with Crippen molar-refractivity contribution in [3.8, 4) is 0 Å². The minimum atomic E-state index is -0.567. The van der Waals surface area contributed by atoms with Crippen molar-refractivity contribution in [2.24, 2.45) is 5.73 Å². The maximum Gasteiger partial charge on any atom is 0.242 e. The van der Waals surface area contributed by atoms with E-state index in [1.807, 2.05) is 4.90 Å². The molecule has 5 heteroatoms. The molecule has 4 nitrogen and oxygen atoms in total. The molecule has 0 aromatic rings. The van der Waals surface area contributed by atoms with Crippen LogP contribution in [-0.4, -0.2) is 42.6 Å². The monoisotopic (exact) mass is 248 g/mol. The summed E-state index contributed by atoms with van der Waals surface area (Å²) in [6.07, 6.45) is 5.02. The summed E-state index contributed by atoms with van der Waals surface area (Å²) in [6, 6.07) is 0. The number of halogens is 1. The molecule has 0 radical (unpaired) electrons. The molecule has 1 saturated heterocycles. The van der Waals surface area contributed by atoms with Crippen LogP contribution in [0.25, 0.3) is 0 Å². The Morgan fingerprint density at radius 3 is 2.56 bits per heavy atom. The number of ether oxygens (including phenoxy) is 1. The van der Waals surface area contributed by atoms with Gasteiger partial charge in [-0.05, 0) is 19.3 Å². The molecule has 0 bridgehead atoms. The third-order valence-corrected chi connectivity index (χ3v) is 3.69. The summed E-state index contributed by atoms with van der Waals surface area (Å²) in [6.45, 7) is 1.52. The lowest BCUT2D eigenvalue weighted by Crippen LogP contribution is -2.53. The van der Waals surface area contributed by atoms with Gasteiger partial charge >= 0.3 is 0 Å². The van der Waals surface area contributed by atoms with Crippen LogP contribution in [0.5, 0.6) is 0 Å². The van der Waals surface area contributed by atoms with Crippen molar-refractivity contribution in [3.05, 3.63) is 0 Å². The summed E-state index contributed by atoms with van der Waals surface area (Å²) in [5, 5.41) is 0. The molecule has 2 rings (SSSR count). The second kappa shape index (κ2) is 5.34. The van der Waals surface area contributed by atoms with E-state index in [1.165, 1.54) is 0 Å². The second-order valence-electron chi connectivity index (χ2n) is 4.76. The van der Waals surface area contributed by atoms with Gasteiger partial charge in [-0.15, -0.1) is 12.4 Å². The van der Waals surface area contributed by atoms with Crippen molar-refractivity contribution in [2.75, 3.05) is 20.2 Å². The van der Waals surface area contributed by atoms with Crippen molar-refractivity contribution in [2.45, 2.75) is 43.7 Å². The van der Waals surface area contributed by atoms with Crippen LogP contribution in [-0.2, 0) is 9.53 Å². The predicted octanol–water partition coefficient (Wildman–Crippen LogP) is 0.927. The fourth-order valence-electron chi connectivity index (χ4n) is 2.64. The van der Waals surface area contributed by atoms with Gasteiger partial charge in [0.25, 0.3) is 0 Å². The number of carbonyl (C=O) groups excluding carboxylic acids is 1. The van der Waals surface area contributed by atoms with Crippen LogP contribution in [0.15, 0.2) is 0 Å². The van der Waals surface area contributed by atoms with Gasteiger partial charge in [0.05, 0.1) is 11.6 Å². The van der Waals surface area contributed by atoms with Crippen LogP contribution in [0.1, 0.15) is 32.1 Å². The van der Waals surface area contributed by atoms with Crippen molar-refractivity contribution < 1.29 is 9.53 Å². The second-order valence-corrected chi connectivity index (χ2v) is 4.76. The molecule has 2 aliphatic rings. The summed E-state index contributed by atoms with van der Waals surface area (Å²) in [4.78, 5) is 14.1. The molecule has 1 aliphatic heterocycles. The highest BCUT2D eigenvalue weighted by atomic mass is 35.5. The van der Waals surface area contributed by atoms with Crippen molar-refractivity contribution >= 4 is 18.3 Å². The first kappa shape index (κ1) is 13.7. The minimum Gasteiger partial charge on any atom is -0.380 e. The van der Waals surface area contributed by atoms with E-state index >= 15 is 0 Å². The number of hydrogen-bond donors (Lipinski definition) is 1. The Labute approximate surface area is 103 Å². The Kier molecular flexibility index (Phi) is 4.59. The van der Waals surface area contributed by atoms with E-state index in [9.17, 15) is 4.79 Å². The highest BCUT2D eigenvalue weighted by molar-refractivity contribution is 5.86. The number of nitrogens with two attached hydrogens (primary N) is 1. The first-order valence-electron chi connectivity index (χ1n) is 5.77. The fraction of sp³-hybridized carbons (Fsp3) is 0.909. The Morgan fingerprint density at radius 1 is 1.44 bits per heavy atom. The summed E-state index contributed by atoms with van der Waals surface area (Å²) >= 11 is 0. The number of carbonyl (C=O) groups is 1. The molecule has 94 valence electrons. The number of likely N-dealkylation sites (tertiary alicyclic amines) is 1. The van der Waals surface area contributed by atoms with Crippen LogP contribution in [0.3, 0.4) is 0 Å². The van der Waals surface area contributed by atoms with Crippen molar-refractivity contribution in [3.63, 3.8) is 0 Å². The summed E-state index contributed by atoms with van der Waals surface area (Å²) in [5.41, 5.74) is 5.57. The zero-order valence-corrected chi connectivity index (χ0v) is 10.6. The fourth-order valence-corrected chi connectivity index (χ4v) is 2.64. The molecular weight excluding hydrogens is 228 g/mol. The van der Waals surface area contributed by atoms with Crippen LogP contribution < -0.4 is 5.73 Å². The Balaban J connectivity index is 0.00000128. The molecule has 2 fully saturated rings. The van der Waals surface area contributed by atoms with Crippen LogP contribution in [0.2, 0.25) is 0 Å². The molecule has 0 spiro atoms. The van der Waals surface area contributed by atoms with Crippen LogP contribution in [0, 0.1) is 0 Å². The van der Waals surface area contributed by atoms with Gasteiger partial charge in [-0.1, -0.05) is 12.8 Å². The van der Waals surface area contributed by atoms with Gasteiger partial charge < -0.3 is 15.4 Å². The number of methoxy groups -OCH3 is 1. The normalized spacial score (nSPS) is 27.9. The largest absolute Gasteiger partial charge is 0.380 e. The average molecular weight is 249 g/mol. The van der Waals surface area contributed by atoms with E-state index in [-0.39, 0.29) is 24.4 Å². The van der Waals surface area contributed by atoms with Gasteiger partial charge in [0.1, 0.15) is 0 Å². The van der Waals surface area contributed by atoms with E-state index in [0.29, 0.717) is 6.54 Å². The van der Waals surface area contributed by atoms with E-state index in [0.717, 1.165) is 38.6 Å². The molecule has 2 N–H and O–H groups in total. The topological polar surface area (TPSA) is 55.6 Å². The molecule has 0 aromatic carbocycles. The first-order chi connectivity index (χ1) is 7.15. The molecular formula is C11H21ClN2O2. The quantitative estimate of drug-likeness (QED) is 0.791. The van der Waals surface area contributed by atoms with E-state index in [1.54, 1.807) is 7.11 Å². The Bertz CT molecular complexity index is 254. The summed E-state index contributed by atoms with van der Waals surface area (Å²) in [5.74, 6) is 0.138. The zero-order chi connectivity index (χ0) is 10.9. The van der Waals surface area contributed by atoms with Gasteiger partial charge in [0, 0.05) is 20.2 Å². The lowest BCUT2D eigenvalue weighted by Gasteiger charge is -2.28.